The second-order valence-electron chi connectivity index (χ2n) is 10.4. The molecule has 3 rings (SSSR count). The second-order valence-corrected chi connectivity index (χ2v) is 13.2. The van der Waals surface area contributed by atoms with Crippen molar-refractivity contribution in [3.05, 3.63) is 99.8 Å². The normalized spacial score (nSPS) is 12.3. The third kappa shape index (κ3) is 8.67. The van der Waals surface area contributed by atoms with E-state index in [-0.39, 0.29) is 29.6 Å². The van der Waals surface area contributed by atoms with Crippen molar-refractivity contribution in [2.75, 3.05) is 31.5 Å². The average Bonchev–Trinajstić information content (AvgIpc) is 2.94. The van der Waals surface area contributed by atoms with Crippen LogP contribution in [0.15, 0.2) is 72.8 Å². The van der Waals surface area contributed by atoms with Crippen LogP contribution >= 0.6 is 23.2 Å². The van der Waals surface area contributed by atoms with Gasteiger partial charge in [0.2, 0.25) is 11.8 Å². The number of benzene rings is 3. The van der Waals surface area contributed by atoms with Crippen molar-refractivity contribution >= 4 is 50.9 Å². The zero-order valence-corrected chi connectivity index (χ0v) is 26.3. The van der Waals surface area contributed by atoms with E-state index in [1.165, 1.54) is 37.2 Å². The van der Waals surface area contributed by atoms with E-state index in [0.717, 1.165) is 15.9 Å². The quantitative estimate of drug-likeness (QED) is 0.281. The maximum absolute atomic E-state index is 14.9. The first-order valence-electron chi connectivity index (χ1n) is 13.3. The van der Waals surface area contributed by atoms with Crippen molar-refractivity contribution < 1.29 is 22.4 Å². The summed E-state index contributed by atoms with van der Waals surface area (Å²) in [6.07, 6.45) is 0.151. The highest BCUT2D eigenvalue weighted by Crippen LogP contribution is 2.26. The fourth-order valence-electron chi connectivity index (χ4n) is 4.17. The monoisotopic (exact) mass is 636 g/mol. The highest BCUT2D eigenvalue weighted by molar-refractivity contribution is 7.90. The lowest BCUT2D eigenvalue weighted by Gasteiger charge is -2.34. The Morgan fingerprint density at radius 1 is 0.905 bits per heavy atom. The minimum Gasteiger partial charge on any atom is -0.354 e. The molecule has 0 saturated carbocycles. The van der Waals surface area contributed by atoms with Gasteiger partial charge in [-0.05, 0) is 41.3 Å². The van der Waals surface area contributed by atoms with E-state index in [0.29, 0.717) is 21.4 Å². The Bertz CT molecular complexity index is 1490. The first kappa shape index (κ1) is 33.3. The molecule has 0 aliphatic carbocycles. The topological polar surface area (TPSA) is 90.0 Å². The van der Waals surface area contributed by atoms with Crippen LogP contribution in [0.2, 0.25) is 10.0 Å². The minimum atomic E-state index is -4.31. The summed E-state index contributed by atoms with van der Waals surface area (Å²) < 4.78 is 43.2. The summed E-state index contributed by atoms with van der Waals surface area (Å²) in [5, 5.41) is 3.48. The summed E-state index contributed by atoms with van der Waals surface area (Å²) in [6, 6.07) is 18.3. The fraction of sp³-hybridized carbons (Fsp3) is 0.333. The van der Waals surface area contributed by atoms with Gasteiger partial charge in [-0.2, -0.15) is 12.7 Å². The molecule has 0 heterocycles. The largest absolute Gasteiger partial charge is 0.354 e. The lowest BCUT2D eigenvalue weighted by molar-refractivity contribution is -0.140. The maximum atomic E-state index is 14.9. The van der Waals surface area contributed by atoms with Gasteiger partial charge in [-0.3, -0.25) is 9.59 Å². The molecule has 12 heteroatoms. The van der Waals surface area contributed by atoms with E-state index in [2.05, 4.69) is 5.32 Å². The highest BCUT2D eigenvalue weighted by atomic mass is 35.5. The fourth-order valence-corrected chi connectivity index (χ4v) is 5.55. The van der Waals surface area contributed by atoms with E-state index >= 15 is 0 Å². The van der Waals surface area contributed by atoms with Crippen LogP contribution in [0.4, 0.5) is 10.1 Å². The number of anilines is 1. The minimum absolute atomic E-state index is 0.0879. The Hall–Kier alpha value is -3.18. The molecule has 226 valence electrons. The van der Waals surface area contributed by atoms with Crippen molar-refractivity contribution in [1.29, 1.82) is 0 Å². The van der Waals surface area contributed by atoms with Crippen LogP contribution in [-0.4, -0.2) is 62.7 Å². The number of carbonyl (C=O) groups is 2. The Labute approximate surface area is 257 Å². The van der Waals surface area contributed by atoms with Crippen LogP contribution in [0.3, 0.4) is 0 Å². The maximum Gasteiger partial charge on any atom is 0.304 e. The molecule has 2 amide bonds. The van der Waals surface area contributed by atoms with Gasteiger partial charge in [0.1, 0.15) is 18.4 Å². The second kappa shape index (κ2) is 14.8. The Kier molecular flexibility index (Phi) is 11.8. The van der Waals surface area contributed by atoms with Crippen molar-refractivity contribution in [1.82, 2.24) is 14.5 Å². The standard InChI is InChI=1S/C30H35Cl2FN4O4S/c1-21(2)18-34-30(39)28(17-22-10-6-5-7-11-22)36(19-23-14-15-24(31)25(32)16-23)29(38)20-37(42(40,41)35(3)4)27-13-9-8-12-26(27)33/h5-16,21,28H,17-20H2,1-4H3,(H,34,39). The number of hydrogen-bond donors (Lipinski definition) is 1. The summed E-state index contributed by atoms with van der Waals surface area (Å²) in [4.78, 5) is 29.2. The van der Waals surface area contributed by atoms with Crippen LogP contribution in [0.5, 0.6) is 0 Å². The summed E-state index contributed by atoms with van der Waals surface area (Å²) in [5.41, 5.74) is 1.07. The lowest BCUT2D eigenvalue weighted by Crippen LogP contribution is -2.54. The lowest BCUT2D eigenvalue weighted by atomic mass is 10.0. The predicted molar refractivity (Wildman–Crippen MR) is 165 cm³/mol. The van der Waals surface area contributed by atoms with Gasteiger partial charge in [-0.15, -0.1) is 0 Å². The summed E-state index contributed by atoms with van der Waals surface area (Å²) in [6.45, 7) is 3.42. The molecule has 3 aromatic carbocycles. The molecule has 0 saturated heterocycles. The Morgan fingerprint density at radius 3 is 2.14 bits per heavy atom. The third-order valence-electron chi connectivity index (χ3n) is 6.43. The summed E-state index contributed by atoms with van der Waals surface area (Å²) in [5.74, 6) is -1.79. The van der Waals surface area contributed by atoms with Gasteiger partial charge in [0.15, 0.2) is 0 Å². The van der Waals surface area contributed by atoms with E-state index in [4.69, 9.17) is 23.2 Å². The SMILES string of the molecule is CC(C)CNC(=O)C(Cc1ccccc1)N(Cc1ccc(Cl)c(Cl)c1)C(=O)CN(c1ccccc1F)S(=O)(=O)N(C)C. The first-order valence-corrected chi connectivity index (χ1v) is 15.5. The van der Waals surface area contributed by atoms with Crippen LogP contribution in [0.1, 0.15) is 25.0 Å². The number of nitrogens with one attached hydrogen (secondary N) is 1. The summed E-state index contributed by atoms with van der Waals surface area (Å²) >= 11 is 12.4. The number of para-hydroxylation sites is 1. The molecule has 0 aromatic heterocycles. The molecule has 42 heavy (non-hydrogen) atoms. The Morgan fingerprint density at radius 2 is 1.55 bits per heavy atom. The van der Waals surface area contributed by atoms with Gasteiger partial charge in [-0.1, -0.05) is 85.6 Å². The van der Waals surface area contributed by atoms with Gasteiger partial charge in [0, 0.05) is 33.6 Å². The van der Waals surface area contributed by atoms with Crippen molar-refractivity contribution in [2.45, 2.75) is 32.9 Å². The molecule has 1 atom stereocenters. The zero-order valence-electron chi connectivity index (χ0n) is 23.9. The van der Waals surface area contributed by atoms with Crippen LogP contribution < -0.4 is 9.62 Å². The van der Waals surface area contributed by atoms with Crippen LogP contribution in [0, 0.1) is 11.7 Å². The summed E-state index contributed by atoms with van der Waals surface area (Å²) in [7, 11) is -1.73. The first-order chi connectivity index (χ1) is 19.8. The molecule has 0 spiro atoms. The average molecular weight is 638 g/mol. The molecule has 0 fully saturated rings. The van der Waals surface area contributed by atoms with E-state index in [1.807, 2.05) is 44.2 Å². The van der Waals surface area contributed by atoms with Gasteiger partial charge in [0.05, 0.1) is 15.7 Å². The number of carbonyl (C=O) groups excluding carboxylic acids is 2. The van der Waals surface area contributed by atoms with Gasteiger partial charge in [0.25, 0.3) is 0 Å². The molecule has 1 N–H and O–H groups in total. The van der Waals surface area contributed by atoms with E-state index in [9.17, 15) is 22.4 Å². The van der Waals surface area contributed by atoms with Gasteiger partial charge >= 0.3 is 10.2 Å². The molecule has 1 unspecified atom stereocenters. The van der Waals surface area contributed by atoms with E-state index < -0.39 is 40.4 Å². The van der Waals surface area contributed by atoms with E-state index in [1.54, 1.807) is 18.2 Å². The number of nitrogens with zero attached hydrogens (tertiary/aromatic N) is 3. The van der Waals surface area contributed by atoms with Gasteiger partial charge in [-0.25, -0.2) is 8.70 Å². The van der Waals surface area contributed by atoms with Crippen molar-refractivity contribution in [3.8, 4) is 0 Å². The number of halogens is 3. The predicted octanol–water partition coefficient (Wildman–Crippen LogP) is 5.16. The van der Waals surface area contributed by atoms with Crippen molar-refractivity contribution in [3.63, 3.8) is 0 Å². The molecular weight excluding hydrogens is 602 g/mol. The molecule has 3 aromatic rings. The number of amides is 2. The number of hydrogen-bond acceptors (Lipinski definition) is 4. The molecule has 0 radical (unpaired) electrons. The Balaban J connectivity index is 2.12. The van der Waals surface area contributed by atoms with Crippen LogP contribution in [0.25, 0.3) is 0 Å². The van der Waals surface area contributed by atoms with Crippen LogP contribution in [-0.2, 0) is 32.8 Å². The molecule has 0 aliphatic heterocycles. The zero-order chi connectivity index (χ0) is 31.0. The van der Waals surface area contributed by atoms with Crippen molar-refractivity contribution in [2.24, 2.45) is 5.92 Å². The smallest absolute Gasteiger partial charge is 0.304 e. The highest BCUT2D eigenvalue weighted by Gasteiger charge is 2.35. The number of rotatable bonds is 13. The molecule has 0 aliphatic rings. The molecular formula is C30H35Cl2FN4O4S. The molecule has 0 bridgehead atoms. The third-order valence-corrected chi connectivity index (χ3v) is 8.98. The van der Waals surface area contributed by atoms with Gasteiger partial charge < -0.3 is 10.2 Å². The molecule has 8 nitrogen and oxygen atoms in total.